The van der Waals surface area contributed by atoms with Crippen LogP contribution < -0.4 is 10.6 Å². The molecule has 9 heteroatoms. The summed E-state index contributed by atoms with van der Waals surface area (Å²) in [6.07, 6.45) is 0.624. The zero-order valence-electron chi connectivity index (χ0n) is 16.2. The van der Waals surface area contributed by atoms with Gasteiger partial charge in [-0.25, -0.2) is 0 Å². The number of rotatable bonds is 8. The Kier molecular flexibility index (Phi) is 7.50. The lowest BCUT2D eigenvalue weighted by molar-refractivity contribution is -0.125. The molecule has 2 amide bonds. The molecule has 2 rings (SSSR count). The van der Waals surface area contributed by atoms with E-state index in [1.54, 1.807) is 18.2 Å². The maximum atomic E-state index is 12.7. The number of aliphatic hydroxyl groups is 1. The molecular formula is C19H26BN3O5. The number of hydrogen-bond donors (Lipinski definition) is 5. The van der Waals surface area contributed by atoms with Gasteiger partial charge in [-0.05, 0) is 30.7 Å². The number of carbonyl (C=O) groups excluding carboxylic acids is 2. The van der Waals surface area contributed by atoms with E-state index in [0.717, 1.165) is 5.39 Å². The average Bonchev–Trinajstić information content (AvgIpc) is 2.64. The minimum atomic E-state index is -1.75. The molecule has 0 spiro atoms. The maximum Gasteiger partial charge on any atom is 0.475 e. The van der Waals surface area contributed by atoms with E-state index in [1.807, 2.05) is 26.0 Å². The molecule has 5 N–H and O–H groups in total. The summed E-state index contributed by atoms with van der Waals surface area (Å²) >= 11 is 0. The highest BCUT2D eigenvalue weighted by Gasteiger charge is 2.32. The fourth-order valence-corrected chi connectivity index (χ4v) is 2.95. The normalized spacial score (nSPS) is 14.4. The Labute approximate surface area is 164 Å². The van der Waals surface area contributed by atoms with Gasteiger partial charge in [-0.2, -0.15) is 0 Å². The van der Waals surface area contributed by atoms with Gasteiger partial charge in [-0.15, -0.1) is 0 Å². The van der Waals surface area contributed by atoms with E-state index in [0.29, 0.717) is 11.8 Å². The second kappa shape index (κ2) is 9.63. The largest absolute Gasteiger partial charge is 0.475 e. The van der Waals surface area contributed by atoms with E-state index < -0.39 is 37.0 Å². The predicted octanol–water partition coefficient (Wildman–Crippen LogP) is 0.257. The van der Waals surface area contributed by atoms with Crippen molar-refractivity contribution in [3.63, 3.8) is 0 Å². The molecule has 28 heavy (non-hydrogen) atoms. The lowest BCUT2D eigenvalue weighted by Gasteiger charge is -2.25. The van der Waals surface area contributed by atoms with Crippen molar-refractivity contribution in [3.05, 3.63) is 42.2 Å². The van der Waals surface area contributed by atoms with Crippen LogP contribution in [0.15, 0.2) is 36.5 Å². The Morgan fingerprint density at radius 1 is 1.11 bits per heavy atom. The molecule has 1 aromatic heterocycles. The molecule has 0 saturated heterocycles. The van der Waals surface area contributed by atoms with Crippen molar-refractivity contribution in [3.8, 4) is 0 Å². The van der Waals surface area contributed by atoms with Gasteiger partial charge in [0.25, 0.3) is 5.91 Å². The van der Waals surface area contributed by atoms with Crippen molar-refractivity contribution in [2.45, 2.75) is 45.3 Å². The lowest BCUT2D eigenvalue weighted by atomic mass is 9.75. The molecule has 1 unspecified atom stereocenters. The summed E-state index contributed by atoms with van der Waals surface area (Å²) in [4.78, 5) is 29.4. The third-order valence-corrected chi connectivity index (χ3v) is 4.35. The molecule has 1 heterocycles. The van der Waals surface area contributed by atoms with Crippen LogP contribution in [0.2, 0.25) is 0 Å². The number of nitrogens with zero attached hydrogens (tertiary/aromatic N) is 1. The SMILES string of the molecule is CC(C)C[C@H](NC(=O)[C@@H](NC(=O)c1nccc2ccccc12)C(C)O)B(O)O. The fraction of sp³-hybridized carbons (Fsp3) is 0.421. The standard InChI is InChI=1S/C19H26BN3O5/c1-11(2)10-15(20(27)28)22-18(25)16(12(3)24)23-19(26)17-14-7-5-4-6-13(14)8-9-21-17/h4-9,11-12,15-16,24,27-28H,10H2,1-3H3,(H,22,25)(H,23,26)/t12?,15-,16-/m0/s1. The molecule has 2 aromatic rings. The number of fused-ring (bicyclic) bond motifs is 1. The molecule has 0 aliphatic rings. The Bertz CT molecular complexity index is 823. The summed E-state index contributed by atoms with van der Waals surface area (Å²) < 4.78 is 0. The van der Waals surface area contributed by atoms with Gasteiger partial charge < -0.3 is 25.8 Å². The van der Waals surface area contributed by atoms with Crippen LogP contribution >= 0.6 is 0 Å². The highest BCUT2D eigenvalue weighted by atomic mass is 16.4. The number of carbonyl (C=O) groups is 2. The van der Waals surface area contributed by atoms with Gasteiger partial charge in [-0.3, -0.25) is 14.6 Å². The van der Waals surface area contributed by atoms with Crippen LogP contribution in [-0.2, 0) is 4.79 Å². The molecule has 8 nitrogen and oxygen atoms in total. The molecule has 0 saturated carbocycles. The van der Waals surface area contributed by atoms with Crippen molar-refractivity contribution in [1.82, 2.24) is 15.6 Å². The number of benzene rings is 1. The summed E-state index contributed by atoms with van der Waals surface area (Å²) in [7, 11) is -1.75. The molecule has 0 aliphatic heterocycles. The first-order valence-corrected chi connectivity index (χ1v) is 9.20. The number of aromatic nitrogens is 1. The van der Waals surface area contributed by atoms with Gasteiger partial charge in [0.05, 0.1) is 12.0 Å². The van der Waals surface area contributed by atoms with Gasteiger partial charge in [0, 0.05) is 11.6 Å². The van der Waals surface area contributed by atoms with E-state index in [1.165, 1.54) is 13.1 Å². The Morgan fingerprint density at radius 3 is 2.39 bits per heavy atom. The molecule has 3 atom stereocenters. The minimum Gasteiger partial charge on any atom is -0.426 e. The first-order chi connectivity index (χ1) is 13.2. The number of pyridine rings is 1. The summed E-state index contributed by atoms with van der Waals surface area (Å²) in [5.74, 6) is -2.13. The second-order valence-corrected chi connectivity index (χ2v) is 7.23. The van der Waals surface area contributed by atoms with Crippen LogP contribution in [0.4, 0.5) is 0 Å². The Morgan fingerprint density at radius 2 is 1.79 bits per heavy atom. The van der Waals surface area contributed by atoms with Crippen molar-refractivity contribution in [2.24, 2.45) is 5.92 Å². The molecule has 0 aliphatic carbocycles. The van der Waals surface area contributed by atoms with E-state index in [4.69, 9.17) is 0 Å². The van der Waals surface area contributed by atoms with Crippen LogP contribution in [-0.4, -0.2) is 57.2 Å². The van der Waals surface area contributed by atoms with Gasteiger partial charge >= 0.3 is 7.12 Å². The van der Waals surface area contributed by atoms with Crippen molar-refractivity contribution < 1.29 is 24.7 Å². The number of amides is 2. The fourth-order valence-electron chi connectivity index (χ4n) is 2.95. The third kappa shape index (κ3) is 5.51. The van der Waals surface area contributed by atoms with Gasteiger partial charge in [0.2, 0.25) is 5.91 Å². The maximum absolute atomic E-state index is 12.7. The van der Waals surface area contributed by atoms with Gasteiger partial charge in [-0.1, -0.05) is 38.1 Å². The predicted molar refractivity (Wildman–Crippen MR) is 106 cm³/mol. The van der Waals surface area contributed by atoms with Crippen LogP contribution in [0.1, 0.15) is 37.7 Å². The van der Waals surface area contributed by atoms with E-state index in [-0.39, 0.29) is 11.6 Å². The zero-order chi connectivity index (χ0) is 20.8. The topological polar surface area (TPSA) is 132 Å². The number of hydrogen-bond acceptors (Lipinski definition) is 6. The van der Waals surface area contributed by atoms with Crippen LogP contribution in [0.3, 0.4) is 0 Å². The Balaban J connectivity index is 2.19. The van der Waals surface area contributed by atoms with Gasteiger partial charge in [0.15, 0.2) is 0 Å². The van der Waals surface area contributed by atoms with Crippen LogP contribution in [0, 0.1) is 5.92 Å². The van der Waals surface area contributed by atoms with Crippen LogP contribution in [0.25, 0.3) is 10.8 Å². The van der Waals surface area contributed by atoms with Gasteiger partial charge in [0.1, 0.15) is 11.7 Å². The van der Waals surface area contributed by atoms with E-state index in [9.17, 15) is 24.7 Å². The number of nitrogens with one attached hydrogen (secondary N) is 2. The van der Waals surface area contributed by atoms with Crippen molar-refractivity contribution in [2.75, 3.05) is 0 Å². The van der Waals surface area contributed by atoms with Crippen molar-refractivity contribution in [1.29, 1.82) is 0 Å². The lowest BCUT2D eigenvalue weighted by Crippen LogP contribution is -2.57. The Hall–Kier alpha value is -2.49. The molecule has 0 fully saturated rings. The smallest absolute Gasteiger partial charge is 0.426 e. The highest BCUT2D eigenvalue weighted by Crippen LogP contribution is 2.16. The molecule has 0 radical (unpaired) electrons. The monoisotopic (exact) mass is 387 g/mol. The molecule has 0 bridgehead atoms. The molecular weight excluding hydrogens is 361 g/mol. The quantitative estimate of drug-likeness (QED) is 0.413. The molecule has 150 valence electrons. The number of aliphatic hydroxyl groups excluding tert-OH is 1. The third-order valence-electron chi connectivity index (χ3n) is 4.35. The second-order valence-electron chi connectivity index (χ2n) is 7.23. The molecule has 1 aromatic carbocycles. The van der Waals surface area contributed by atoms with Crippen molar-refractivity contribution >= 4 is 29.7 Å². The summed E-state index contributed by atoms with van der Waals surface area (Å²) in [5, 5.41) is 35.4. The summed E-state index contributed by atoms with van der Waals surface area (Å²) in [6, 6.07) is 7.69. The highest BCUT2D eigenvalue weighted by molar-refractivity contribution is 6.43. The summed E-state index contributed by atoms with van der Waals surface area (Å²) in [5.41, 5.74) is 0.137. The van der Waals surface area contributed by atoms with Crippen LogP contribution in [0.5, 0.6) is 0 Å². The summed E-state index contributed by atoms with van der Waals surface area (Å²) in [6.45, 7) is 5.12. The first-order valence-electron chi connectivity index (χ1n) is 9.20. The van der Waals surface area contributed by atoms with E-state index in [2.05, 4.69) is 15.6 Å². The van der Waals surface area contributed by atoms with E-state index >= 15 is 0 Å². The average molecular weight is 387 g/mol. The minimum absolute atomic E-state index is 0.103. The first kappa shape index (κ1) is 21.8. The zero-order valence-corrected chi connectivity index (χ0v) is 16.2.